The molecule has 1 saturated carbocycles. The van der Waals surface area contributed by atoms with Crippen LogP contribution in [0.3, 0.4) is 0 Å². The number of nitrogens with two attached hydrogens (primary N) is 1. The lowest BCUT2D eigenvalue weighted by molar-refractivity contribution is -0.134. The van der Waals surface area contributed by atoms with Gasteiger partial charge in [-0.1, -0.05) is 6.07 Å². The van der Waals surface area contributed by atoms with Crippen LogP contribution in [0.5, 0.6) is 0 Å². The van der Waals surface area contributed by atoms with Crippen molar-refractivity contribution in [3.63, 3.8) is 0 Å². The number of piperidine rings is 3. The summed E-state index contributed by atoms with van der Waals surface area (Å²) >= 11 is 0. The zero-order valence-electron chi connectivity index (χ0n) is 31.2. The number of nitrogens with zero attached hydrogens (tertiary/aromatic N) is 8. The van der Waals surface area contributed by atoms with Crippen molar-refractivity contribution in [2.45, 2.75) is 94.4 Å². The Bertz CT molecular complexity index is 2120. The van der Waals surface area contributed by atoms with Crippen molar-refractivity contribution in [2.24, 2.45) is 11.7 Å². The first kappa shape index (κ1) is 38.3. The summed E-state index contributed by atoms with van der Waals surface area (Å²) in [4.78, 5) is 63.5. The number of pyridine rings is 1. The van der Waals surface area contributed by atoms with Gasteiger partial charge < -0.3 is 26.2 Å². The second kappa shape index (κ2) is 16.1. The average molecular weight is 791 g/mol. The molecule has 4 aromatic rings. The summed E-state index contributed by atoms with van der Waals surface area (Å²) in [6, 6.07) is 4.85. The molecule has 0 spiro atoms. The first-order chi connectivity index (χ1) is 27.5. The van der Waals surface area contributed by atoms with Gasteiger partial charge in [-0.3, -0.25) is 29.2 Å². The summed E-state index contributed by atoms with van der Waals surface area (Å²) in [5, 5.41) is 16.5. The van der Waals surface area contributed by atoms with Crippen LogP contribution < -0.4 is 31.5 Å². The van der Waals surface area contributed by atoms with E-state index in [0.717, 1.165) is 24.2 Å². The minimum atomic E-state index is -2.95. The zero-order valence-corrected chi connectivity index (χ0v) is 31.2. The molecular weight excluding hydrogens is 745 g/mol. The van der Waals surface area contributed by atoms with E-state index < -0.39 is 24.2 Å². The van der Waals surface area contributed by atoms with E-state index in [1.54, 1.807) is 23.4 Å². The molecule has 16 nitrogen and oxygen atoms in total. The first-order valence-corrected chi connectivity index (χ1v) is 19.5. The van der Waals surface area contributed by atoms with Crippen molar-refractivity contribution < 1.29 is 32.3 Å². The molecule has 3 aliphatic heterocycles. The maximum atomic E-state index is 14.2. The largest absolute Gasteiger partial charge is 0.356 e. The molecule has 0 aromatic carbocycles. The quantitative estimate of drug-likeness (QED) is 0.181. The number of carbonyl (C=O) groups excluding carboxylic acids is 4. The number of nitrogens with one attached hydrogen (secondary N) is 3. The predicted molar refractivity (Wildman–Crippen MR) is 202 cm³/mol. The molecule has 1 aliphatic carbocycles. The normalized spacial score (nSPS) is 24.8. The standard InChI is InChI=1S/C38H45F3N12O4/c39-23-15-24(42)19-51(18-23)31-11-14-52-35(47-31)28(17-44-52)38(57)46-29-20-53(49-33(29)34(40)41)26-4-1-21(2-5-26)36(55)45-25-9-12-50(13-10-25)30-7-3-22(16-43-30)27-6-8-32(54)48-37(27)56/h3,7,11,14,16-17,20-21,23-27,34H,1-2,4-6,8-10,12-13,15,18-19,42H2,(H,45,55)(H,46,57)(H,48,54,56)/t21?,23-,24-,26?,27?/m1/s1. The minimum Gasteiger partial charge on any atom is -0.356 e. The van der Waals surface area contributed by atoms with Crippen LogP contribution in [0.4, 0.5) is 30.5 Å². The topological polar surface area (TPSA) is 198 Å². The Morgan fingerprint density at radius 2 is 1.74 bits per heavy atom. The van der Waals surface area contributed by atoms with Gasteiger partial charge in [-0.05, 0) is 69.1 Å². The Morgan fingerprint density at radius 3 is 2.44 bits per heavy atom. The summed E-state index contributed by atoms with van der Waals surface area (Å²) in [5.41, 5.74) is 6.34. The zero-order chi connectivity index (χ0) is 39.8. The van der Waals surface area contributed by atoms with E-state index in [9.17, 15) is 32.3 Å². The summed E-state index contributed by atoms with van der Waals surface area (Å²) in [7, 11) is 0. The van der Waals surface area contributed by atoms with Crippen molar-refractivity contribution in [1.82, 2.24) is 40.0 Å². The molecule has 302 valence electrons. The number of carbonyl (C=O) groups is 4. The molecule has 57 heavy (non-hydrogen) atoms. The van der Waals surface area contributed by atoms with E-state index in [-0.39, 0.29) is 77.5 Å². The second-order valence-electron chi connectivity index (χ2n) is 15.5. The molecule has 1 unspecified atom stereocenters. The maximum absolute atomic E-state index is 14.2. The first-order valence-electron chi connectivity index (χ1n) is 19.5. The maximum Gasteiger partial charge on any atom is 0.284 e. The van der Waals surface area contributed by atoms with Gasteiger partial charge in [0.05, 0.1) is 30.4 Å². The van der Waals surface area contributed by atoms with E-state index in [2.05, 4.69) is 41.0 Å². The van der Waals surface area contributed by atoms with Gasteiger partial charge in [0.2, 0.25) is 17.7 Å². The van der Waals surface area contributed by atoms with Gasteiger partial charge in [-0.25, -0.2) is 27.7 Å². The van der Waals surface area contributed by atoms with Crippen LogP contribution in [0.25, 0.3) is 5.65 Å². The number of alkyl halides is 3. The van der Waals surface area contributed by atoms with E-state index in [0.29, 0.717) is 64.0 Å². The molecule has 4 aliphatic rings. The Kier molecular flexibility index (Phi) is 10.8. The number of hydrogen-bond acceptors (Lipinski definition) is 11. The predicted octanol–water partition coefficient (Wildman–Crippen LogP) is 3.42. The Hall–Kier alpha value is -5.59. The third-order valence-corrected chi connectivity index (χ3v) is 11.6. The Balaban J connectivity index is 0.834. The fourth-order valence-electron chi connectivity index (χ4n) is 8.47. The fraction of sp³-hybridized carbons (Fsp3) is 0.526. The summed E-state index contributed by atoms with van der Waals surface area (Å²) < 4.78 is 45.5. The summed E-state index contributed by atoms with van der Waals surface area (Å²) in [6.07, 6.45) is 6.68. The van der Waals surface area contributed by atoms with Crippen molar-refractivity contribution in [1.29, 1.82) is 0 Å². The summed E-state index contributed by atoms with van der Waals surface area (Å²) in [5.74, 6) is -0.633. The number of aromatic nitrogens is 6. The van der Waals surface area contributed by atoms with Crippen LogP contribution in [-0.4, -0.2) is 97.4 Å². The molecule has 8 rings (SSSR count). The molecule has 4 amide bonds. The highest BCUT2D eigenvalue weighted by atomic mass is 19.3. The van der Waals surface area contributed by atoms with E-state index in [1.807, 2.05) is 12.1 Å². The molecule has 0 bridgehead atoms. The lowest BCUT2D eigenvalue weighted by Crippen LogP contribution is -2.48. The monoisotopic (exact) mass is 790 g/mol. The number of fused-ring (bicyclic) bond motifs is 1. The molecule has 5 N–H and O–H groups in total. The van der Waals surface area contributed by atoms with E-state index >= 15 is 0 Å². The number of anilines is 3. The van der Waals surface area contributed by atoms with Gasteiger partial charge in [0.25, 0.3) is 12.3 Å². The van der Waals surface area contributed by atoms with Crippen molar-refractivity contribution in [3.8, 4) is 0 Å². The number of halogens is 3. The average Bonchev–Trinajstić information content (AvgIpc) is 3.83. The minimum absolute atomic E-state index is 0.0144. The van der Waals surface area contributed by atoms with Crippen LogP contribution in [0.15, 0.2) is 43.0 Å². The van der Waals surface area contributed by atoms with Gasteiger partial charge in [-0.2, -0.15) is 10.2 Å². The second-order valence-corrected chi connectivity index (χ2v) is 15.5. The van der Waals surface area contributed by atoms with Crippen molar-refractivity contribution in [2.75, 3.05) is 41.3 Å². The van der Waals surface area contributed by atoms with Crippen LogP contribution in [0.2, 0.25) is 0 Å². The molecule has 4 fully saturated rings. The van der Waals surface area contributed by atoms with Gasteiger partial charge in [0.15, 0.2) is 11.3 Å². The van der Waals surface area contributed by atoms with Crippen molar-refractivity contribution >= 4 is 46.6 Å². The van der Waals surface area contributed by atoms with E-state index in [4.69, 9.17) is 5.73 Å². The Morgan fingerprint density at radius 1 is 0.947 bits per heavy atom. The molecule has 0 radical (unpaired) electrons. The Labute approximate surface area is 325 Å². The highest BCUT2D eigenvalue weighted by molar-refractivity contribution is 6.08. The molecular formula is C38H45F3N12O4. The third kappa shape index (κ3) is 8.29. The number of amides is 4. The number of imide groups is 1. The molecule has 4 aromatic heterocycles. The highest BCUT2D eigenvalue weighted by Gasteiger charge is 2.33. The number of hydrogen-bond donors (Lipinski definition) is 4. The summed E-state index contributed by atoms with van der Waals surface area (Å²) in [6.45, 7) is 1.92. The van der Waals surface area contributed by atoms with Gasteiger partial charge in [0.1, 0.15) is 23.4 Å². The SMILES string of the molecule is N[C@@H]1C[C@@H](F)CN(c2ccn3ncc(C(=O)Nc4cn(C5CCC(C(=O)NC6CCN(c7ccc(C8CCC(=O)NC8=O)cn7)CC6)CC5)nc4C(F)F)c3n2)C1. The van der Waals surface area contributed by atoms with Crippen LogP contribution >= 0.6 is 0 Å². The van der Waals surface area contributed by atoms with Gasteiger partial charge >= 0.3 is 0 Å². The molecule has 7 heterocycles. The molecule has 19 heteroatoms. The third-order valence-electron chi connectivity index (χ3n) is 11.6. The molecule has 3 saturated heterocycles. The van der Waals surface area contributed by atoms with Gasteiger partial charge in [0, 0.05) is 62.6 Å². The lowest BCUT2D eigenvalue weighted by Gasteiger charge is -2.35. The lowest BCUT2D eigenvalue weighted by atomic mass is 9.85. The van der Waals surface area contributed by atoms with Crippen LogP contribution in [0, 0.1) is 5.92 Å². The molecule has 3 atom stereocenters. The van der Waals surface area contributed by atoms with Crippen molar-refractivity contribution in [3.05, 3.63) is 59.8 Å². The van der Waals surface area contributed by atoms with E-state index in [1.165, 1.54) is 21.6 Å². The van der Waals surface area contributed by atoms with Crippen LogP contribution in [-0.2, 0) is 14.4 Å². The smallest absolute Gasteiger partial charge is 0.284 e. The number of rotatable bonds is 9. The fourth-order valence-corrected chi connectivity index (χ4v) is 8.47. The van der Waals surface area contributed by atoms with Crippen LogP contribution in [0.1, 0.15) is 97.8 Å². The van der Waals surface area contributed by atoms with Gasteiger partial charge in [-0.15, -0.1) is 0 Å². The highest BCUT2D eigenvalue weighted by Crippen LogP contribution is 2.36.